The van der Waals surface area contributed by atoms with Crippen LogP contribution in [0.25, 0.3) is 0 Å². The predicted molar refractivity (Wildman–Crippen MR) is 142 cm³/mol. The van der Waals surface area contributed by atoms with Crippen LogP contribution in [-0.4, -0.2) is 78.0 Å². The number of ether oxygens (including phenoxy) is 1. The smallest absolute Gasteiger partial charge is 0.410 e. The van der Waals surface area contributed by atoms with Crippen LogP contribution in [0.5, 0.6) is 0 Å². The SMILES string of the molecule is CN1Cc2cc(N=C3NN(C4(CC#N)CCN(C(=O)OC(C)(C)C)CC4)C4=CC=NC(=O)C43)ccc2S1(=O)=O. The first kappa shape index (κ1) is 26.8. The van der Waals surface area contributed by atoms with Crippen LogP contribution >= 0.6 is 0 Å². The van der Waals surface area contributed by atoms with Gasteiger partial charge < -0.3 is 9.64 Å². The quantitative estimate of drug-likeness (QED) is 0.600. The lowest BCUT2D eigenvalue weighted by molar-refractivity contribution is -0.119. The molecule has 1 unspecified atom stereocenters. The number of nitrogens with zero attached hydrogens (tertiary/aromatic N) is 6. The molecule has 13 heteroatoms. The summed E-state index contributed by atoms with van der Waals surface area (Å²) in [6.07, 6.45) is 3.89. The molecule has 0 aliphatic carbocycles. The van der Waals surface area contributed by atoms with E-state index in [0.717, 1.165) is 0 Å². The molecule has 1 N–H and O–H groups in total. The van der Waals surface area contributed by atoms with Crippen LogP contribution in [0.4, 0.5) is 10.5 Å². The summed E-state index contributed by atoms with van der Waals surface area (Å²) < 4.78 is 31.7. The molecule has 206 valence electrons. The second-order valence-electron chi connectivity index (χ2n) is 11.2. The first-order valence-corrected chi connectivity index (χ1v) is 14.2. The van der Waals surface area contributed by atoms with E-state index in [9.17, 15) is 23.3 Å². The molecule has 0 aromatic heterocycles. The Labute approximate surface area is 227 Å². The van der Waals surface area contributed by atoms with Gasteiger partial charge >= 0.3 is 6.09 Å². The number of sulfonamides is 1. The number of nitriles is 1. The van der Waals surface area contributed by atoms with Gasteiger partial charge in [-0.2, -0.15) is 9.57 Å². The van der Waals surface area contributed by atoms with E-state index < -0.39 is 33.2 Å². The van der Waals surface area contributed by atoms with Crippen LogP contribution in [0.3, 0.4) is 0 Å². The predicted octanol–water partition coefficient (Wildman–Crippen LogP) is 2.47. The molecular formula is C26H31N7O5S. The molecule has 0 bridgehead atoms. The van der Waals surface area contributed by atoms with Crippen LogP contribution in [0.1, 0.15) is 45.6 Å². The van der Waals surface area contributed by atoms with Gasteiger partial charge in [0, 0.05) is 32.9 Å². The van der Waals surface area contributed by atoms with Crippen molar-refractivity contribution < 1.29 is 22.7 Å². The summed E-state index contributed by atoms with van der Waals surface area (Å²) in [5, 5.41) is 11.6. The van der Waals surface area contributed by atoms with Gasteiger partial charge in [0.25, 0.3) is 5.91 Å². The fraction of sp³-hybridized carbons (Fsp3) is 0.500. The van der Waals surface area contributed by atoms with Crippen molar-refractivity contribution in [1.82, 2.24) is 19.6 Å². The number of fused-ring (bicyclic) bond motifs is 2. The summed E-state index contributed by atoms with van der Waals surface area (Å²) in [4.78, 5) is 36.2. The van der Waals surface area contributed by atoms with Gasteiger partial charge in [-0.15, -0.1) is 0 Å². The lowest BCUT2D eigenvalue weighted by Gasteiger charge is -2.47. The number of hydrazine groups is 1. The second kappa shape index (κ2) is 9.46. The molecule has 5 rings (SSSR count). The molecule has 2 saturated heterocycles. The maximum Gasteiger partial charge on any atom is 0.410 e. The molecule has 4 aliphatic heterocycles. The van der Waals surface area contributed by atoms with Crippen molar-refractivity contribution in [3.05, 3.63) is 35.5 Å². The second-order valence-corrected chi connectivity index (χ2v) is 13.2. The van der Waals surface area contributed by atoms with E-state index in [-0.39, 0.29) is 23.8 Å². The van der Waals surface area contributed by atoms with Crippen molar-refractivity contribution in [3.63, 3.8) is 0 Å². The number of dihydropyridines is 1. The number of hydrogen-bond acceptors (Lipinski definition) is 8. The topological polar surface area (TPSA) is 148 Å². The summed E-state index contributed by atoms with van der Waals surface area (Å²) in [6, 6.07) is 7.13. The third kappa shape index (κ3) is 4.79. The van der Waals surface area contributed by atoms with E-state index in [1.165, 1.54) is 23.6 Å². The van der Waals surface area contributed by atoms with Gasteiger partial charge in [-0.1, -0.05) is 0 Å². The Morgan fingerprint density at radius 2 is 2.03 bits per heavy atom. The average Bonchev–Trinajstić information content (AvgIpc) is 3.33. The molecule has 4 aliphatic rings. The highest BCUT2D eigenvalue weighted by Crippen LogP contribution is 2.41. The van der Waals surface area contributed by atoms with Crippen molar-refractivity contribution in [2.75, 3.05) is 20.1 Å². The number of rotatable bonds is 3. The van der Waals surface area contributed by atoms with Crippen LogP contribution in [-0.2, 0) is 26.1 Å². The Morgan fingerprint density at radius 1 is 1.31 bits per heavy atom. The minimum absolute atomic E-state index is 0.161. The molecule has 39 heavy (non-hydrogen) atoms. The maximum atomic E-state index is 12.9. The first-order valence-electron chi connectivity index (χ1n) is 12.7. The highest BCUT2D eigenvalue weighted by molar-refractivity contribution is 7.89. The molecule has 4 heterocycles. The van der Waals surface area contributed by atoms with Crippen molar-refractivity contribution in [3.8, 4) is 6.07 Å². The van der Waals surface area contributed by atoms with Crippen molar-refractivity contribution in [2.24, 2.45) is 15.9 Å². The zero-order valence-electron chi connectivity index (χ0n) is 22.3. The summed E-state index contributed by atoms with van der Waals surface area (Å²) >= 11 is 0. The Bertz CT molecular complexity index is 1460. The van der Waals surface area contributed by atoms with E-state index in [1.54, 1.807) is 23.1 Å². The monoisotopic (exact) mass is 553 g/mol. The number of amidine groups is 1. The van der Waals surface area contributed by atoms with Crippen molar-refractivity contribution >= 4 is 39.8 Å². The van der Waals surface area contributed by atoms with Gasteiger partial charge in [0.1, 0.15) is 17.4 Å². The van der Waals surface area contributed by atoms with Crippen LogP contribution in [0.15, 0.2) is 44.9 Å². The Kier molecular flexibility index (Phi) is 6.51. The molecule has 0 saturated carbocycles. The lowest BCUT2D eigenvalue weighted by Crippen LogP contribution is -2.58. The number of likely N-dealkylation sites (tertiary alicyclic amines) is 1. The van der Waals surface area contributed by atoms with E-state index in [2.05, 4.69) is 16.5 Å². The standard InChI is InChI=1S/C26H31N7O5S/c1-25(2,3)38-24(35)32-13-9-26(8-11-27,10-14-32)33-19-7-12-28-23(34)21(19)22(30-33)29-18-5-6-20-17(15-18)16-31(4)39(20,36)37/h5-7,12,15,21H,8-10,13-14,16H2,1-4H3,(H,29,30). The Hall–Kier alpha value is -3.76. The molecule has 1 aromatic rings. The van der Waals surface area contributed by atoms with Crippen LogP contribution in [0, 0.1) is 17.2 Å². The minimum Gasteiger partial charge on any atom is -0.444 e. The number of amides is 2. The van der Waals surface area contributed by atoms with Gasteiger partial charge in [0.2, 0.25) is 10.0 Å². The van der Waals surface area contributed by atoms with Gasteiger partial charge in [0.15, 0.2) is 0 Å². The number of carbonyl (C=O) groups is 2. The first-order chi connectivity index (χ1) is 18.3. The fourth-order valence-corrected chi connectivity index (χ4v) is 6.71. The Morgan fingerprint density at radius 3 is 2.69 bits per heavy atom. The molecular weight excluding hydrogens is 522 g/mol. The lowest BCUT2D eigenvalue weighted by atomic mass is 9.83. The third-order valence-corrected chi connectivity index (χ3v) is 9.25. The van der Waals surface area contributed by atoms with Gasteiger partial charge in [-0.05, 0) is 63.5 Å². The Balaban J connectivity index is 1.44. The van der Waals surface area contributed by atoms with E-state index >= 15 is 0 Å². The highest BCUT2D eigenvalue weighted by atomic mass is 32.2. The number of nitrogens with one attached hydrogen (secondary N) is 1. The summed E-state index contributed by atoms with van der Waals surface area (Å²) in [7, 11) is -1.98. The molecule has 12 nitrogen and oxygen atoms in total. The van der Waals surface area contributed by atoms with Crippen LogP contribution in [0.2, 0.25) is 0 Å². The summed E-state index contributed by atoms with van der Waals surface area (Å²) in [5.41, 5.74) is 3.74. The maximum absolute atomic E-state index is 12.9. The zero-order chi connectivity index (χ0) is 28.2. The number of hydrogen-bond donors (Lipinski definition) is 1. The highest BCUT2D eigenvalue weighted by Gasteiger charge is 2.50. The minimum atomic E-state index is -3.50. The molecule has 0 radical (unpaired) electrons. The summed E-state index contributed by atoms with van der Waals surface area (Å²) in [6.45, 7) is 6.46. The van der Waals surface area contributed by atoms with Gasteiger partial charge in [-0.3, -0.25) is 15.2 Å². The van der Waals surface area contributed by atoms with Crippen molar-refractivity contribution in [2.45, 2.75) is 62.6 Å². The number of allylic oxidation sites excluding steroid dienone is 1. The van der Waals surface area contributed by atoms with E-state index in [4.69, 9.17) is 9.73 Å². The molecule has 0 spiro atoms. The number of carbonyl (C=O) groups excluding carboxylic acids is 2. The van der Waals surface area contributed by atoms with Gasteiger partial charge in [-0.25, -0.2) is 23.2 Å². The van der Waals surface area contributed by atoms with Crippen LogP contribution < -0.4 is 5.43 Å². The van der Waals surface area contributed by atoms with Crippen molar-refractivity contribution in [1.29, 1.82) is 5.26 Å². The zero-order valence-corrected chi connectivity index (χ0v) is 23.2. The molecule has 1 aromatic carbocycles. The van der Waals surface area contributed by atoms with E-state index in [0.29, 0.717) is 48.7 Å². The number of aliphatic imine (C=N–C) groups is 2. The number of benzene rings is 1. The fourth-order valence-electron chi connectivity index (χ4n) is 5.37. The number of piperidine rings is 1. The largest absolute Gasteiger partial charge is 0.444 e. The molecule has 2 amide bonds. The normalized spacial score (nSPS) is 24.6. The van der Waals surface area contributed by atoms with Gasteiger partial charge in [0.05, 0.1) is 34.3 Å². The summed E-state index contributed by atoms with van der Waals surface area (Å²) in [5.74, 6) is -0.818. The third-order valence-electron chi connectivity index (χ3n) is 7.35. The van der Waals surface area contributed by atoms with E-state index in [1.807, 2.05) is 25.8 Å². The average molecular weight is 554 g/mol. The molecule has 1 atom stereocenters. The molecule has 2 fully saturated rings.